The summed E-state index contributed by atoms with van der Waals surface area (Å²) in [4.78, 5) is 27.1. The first-order valence-electron chi connectivity index (χ1n) is 10.1. The number of morpholine rings is 1. The third kappa shape index (κ3) is 6.32. The molecule has 2 saturated heterocycles. The molecule has 0 aliphatic carbocycles. The average Bonchev–Trinajstić information content (AvgIpc) is 2.74. The number of amides is 2. The molecular formula is C21H32ClN3O4. The Kier molecular flexibility index (Phi) is 9.20. The van der Waals surface area contributed by atoms with Crippen molar-refractivity contribution in [1.82, 2.24) is 10.2 Å². The molecule has 7 nitrogen and oxygen atoms in total. The summed E-state index contributed by atoms with van der Waals surface area (Å²) in [6, 6.07) is 5.19. The van der Waals surface area contributed by atoms with Crippen molar-refractivity contribution in [2.45, 2.75) is 26.2 Å². The van der Waals surface area contributed by atoms with Crippen LogP contribution in [-0.4, -0.2) is 63.2 Å². The van der Waals surface area contributed by atoms with Crippen LogP contribution in [-0.2, 0) is 9.53 Å². The maximum atomic E-state index is 12.7. The maximum absolute atomic E-state index is 12.7. The molecule has 162 valence electrons. The zero-order chi connectivity index (χ0) is 19.9. The van der Waals surface area contributed by atoms with Crippen LogP contribution in [0.15, 0.2) is 18.2 Å². The molecule has 0 bridgehead atoms. The van der Waals surface area contributed by atoms with Gasteiger partial charge in [0, 0.05) is 25.1 Å². The number of carbonyl (C=O) groups is 2. The second-order valence-electron chi connectivity index (χ2n) is 7.64. The number of anilines is 1. The van der Waals surface area contributed by atoms with Crippen LogP contribution in [0.25, 0.3) is 0 Å². The van der Waals surface area contributed by atoms with Crippen molar-refractivity contribution < 1.29 is 19.1 Å². The minimum atomic E-state index is -0.0514. The first-order chi connectivity index (χ1) is 13.6. The van der Waals surface area contributed by atoms with Crippen LogP contribution in [0.2, 0.25) is 0 Å². The minimum absolute atomic E-state index is 0. The lowest BCUT2D eigenvalue weighted by Gasteiger charge is -2.28. The predicted octanol–water partition coefficient (Wildman–Crippen LogP) is 2.55. The largest absolute Gasteiger partial charge is 0.495 e. The molecule has 0 radical (unpaired) electrons. The zero-order valence-electron chi connectivity index (χ0n) is 17.2. The van der Waals surface area contributed by atoms with Crippen molar-refractivity contribution in [3.63, 3.8) is 0 Å². The highest BCUT2D eigenvalue weighted by Gasteiger charge is 2.23. The van der Waals surface area contributed by atoms with Gasteiger partial charge in [-0.2, -0.15) is 0 Å². The summed E-state index contributed by atoms with van der Waals surface area (Å²) >= 11 is 0. The van der Waals surface area contributed by atoms with Gasteiger partial charge in [-0.05, 0) is 56.0 Å². The van der Waals surface area contributed by atoms with E-state index in [1.54, 1.807) is 30.2 Å². The van der Waals surface area contributed by atoms with Gasteiger partial charge in [-0.3, -0.25) is 9.59 Å². The van der Waals surface area contributed by atoms with E-state index < -0.39 is 0 Å². The summed E-state index contributed by atoms with van der Waals surface area (Å²) in [5, 5.41) is 6.32. The van der Waals surface area contributed by atoms with Gasteiger partial charge in [0.15, 0.2) is 0 Å². The van der Waals surface area contributed by atoms with Crippen LogP contribution in [0.1, 0.15) is 36.5 Å². The number of nitrogens with one attached hydrogen (secondary N) is 2. The molecule has 1 aromatic rings. The summed E-state index contributed by atoms with van der Waals surface area (Å²) in [6.07, 6.45) is 2.69. The predicted molar refractivity (Wildman–Crippen MR) is 115 cm³/mol. The van der Waals surface area contributed by atoms with Crippen LogP contribution < -0.4 is 15.4 Å². The standard InChI is InChI=1S/C21H31N3O4.ClH/c1-15(16-5-7-22-8-6-16)13-20(25)23-18-14-17(3-4-19(18)27-2)21(26)24-9-11-28-12-10-24;/h3-4,14-16,22H,5-13H2,1-2H3,(H,23,25);1H. The monoisotopic (exact) mass is 425 g/mol. The van der Waals surface area contributed by atoms with Crippen LogP contribution in [0.5, 0.6) is 5.75 Å². The SMILES string of the molecule is COc1ccc(C(=O)N2CCOCC2)cc1NC(=O)CC(C)C1CCNCC1.Cl. The molecule has 2 fully saturated rings. The van der Waals surface area contributed by atoms with Gasteiger partial charge in [0.05, 0.1) is 26.0 Å². The molecule has 3 rings (SSSR count). The maximum Gasteiger partial charge on any atom is 0.254 e. The molecule has 2 aliphatic heterocycles. The first-order valence-corrected chi connectivity index (χ1v) is 10.1. The topological polar surface area (TPSA) is 79.9 Å². The van der Waals surface area contributed by atoms with Crippen LogP contribution in [0, 0.1) is 11.8 Å². The molecule has 1 atom stereocenters. The number of rotatable bonds is 6. The number of hydrogen-bond acceptors (Lipinski definition) is 5. The molecule has 2 N–H and O–H groups in total. The minimum Gasteiger partial charge on any atom is -0.495 e. The Morgan fingerprint density at radius 2 is 1.97 bits per heavy atom. The molecule has 0 spiro atoms. The fraction of sp³-hybridized carbons (Fsp3) is 0.619. The summed E-state index contributed by atoms with van der Waals surface area (Å²) in [5.74, 6) is 1.36. The Bertz CT molecular complexity index is 689. The summed E-state index contributed by atoms with van der Waals surface area (Å²) < 4.78 is 10.7. The van der Waals surface area contributed by atoms with Crippen LogP contribution >= 0.6 is 12.4 Å². The smallest absolute Gasteiger partial charge is 0.254 e. The third-order valence-electron chi connectivity index (χ3n) is 5.71. The van der Waals surface area contributed by atoms with Crippen molar-refractivity contribution in [2.24, 2.45) is 11.8 Å². The molecule has 1 aromatic carbocycles. The lowest BCUT2D eigenvalue weighted by Crippen LogP contribution is -2.40. The molecule has 29 heavy (non-hydrogen) atoms. The van der Waals surface area contributed by atoms with E-state index in [4.69, 9.17) is 9.47 Å². The van der Waals surface area contributed by atoms with Gasteiger partial charge in [0.25, 0.3) is 5.91 Å². The number of carbonyl (C=O) groups excluding carboxylic acids is 2. The van der Waals surface area contributed by atoms with E-state index >= 15 is 0 Å². The lowest BCUT2D eigenvalue weighted by atomic mass is 9.84. The third-order valence-corrected chi connectivity index (χ3v) is 5.71. The lowest BCUT2D eigenvalue weighted by molar-refractivity contribution is -0.117. The number of benzene rings is 1. The quantitative estimate of drug-likeness (QED) is 0.732. The number of nitrogens with zero attached hydrogens (tertiary/aromatic N) is 1. The number of methoxy groups -OCH3 is 1. The average molecular weight is 426 g/mol. The molecule has 8 heteroatoms. The Hall–Kier alpha value is -1.83. The van der Waals surface area contributed by atoms with Crippen LogP contribution in [0.4, 0.5) is 5.69 Å². The van der Waals surface area contributed by atoms with E-state index in [9.17, 15) is 9.59 Å². The Balaban J connectivity index is 0.00000300. The van der Waals surface area contributed by atoms with Crippen molar-refractivity contribution in [1.29, 1.82) is 0 Å². The molecular weight excluding hydrogens is 394 g/mol. The molecule has 2 amide bonds. The highest BCUT2D eigenvalue weighted by Crippen LogP contribution is 2.28. The van der Waals surface area contributed by atoms with Crippen molar-refractivity contribution in [3.05, 3.63) is 23.8 Å². The Labute approximate surface area is 178 Å². The molecule has 2 heterocycles. The van der Waals surface area contributed by atoms with Gasteiger partial charge in [0.1, 0.15) is 5.75 Å². The van der Waals surface area contributed by atoms with E-state index in [-0.39, 0.29) is 24.2 Å². The summed E-state index contributed by atoms with van der Waals surface area (Å²) in [6.45, 7) is 6.47. The molecule has 2 aliphatic rings. The van der Waals surface area contributed by atoms with Gasteiger partial charge < -0.3 is 25.0 Å². The summed E-state index contributed by atoms with van der Waals surface area (Å²) in [5.41, 5.74) is 1.09. The van der Waals surface area contributed by atoms with Crippen molar-refractivity contribution in [2.75, 3.05) is 51.8 Å². The fourth-order valence-corrected chi connectivity index (χ4v) is 3.96. The summed E-state index contributed by atoms with van der Waals surface area (Å²) in [7, 11) is 1.56. The van der Waals surface area contributed by atoms with E-state index in [1.807, 2.05) is 0 Å². The van der Waals surface area contributed by atoms with Gasteiger partial charge in [-0.25, -0.2) is 0 Å². The van der Waals surface area contributed by atoms with E-state index in [0.717, 1.165) is 25.9 Å². The van der Waals surface area contributed by atoms with Gasteiger partial charge in [-0.1, -0.05) is 6.92 Å². The van der Waals surface area contributed by atoms with Gasteiger partial charge in [0.2, 0.25) is 5.91 Å². The second-order valence-corrected chi connectivity index (χ2v) is 7.64. The van der Waals surface area contributed by atoms with Gasteiger partial charge in [-0.15, -0.1) is 12.4 Å². The van der Waals surface area contributed by atoms with Crippen molar-refractivity contribution in [3.8, 4) is 5.75 Å². The number of hydrogen-bond donors (Lipinski definition) is 2. The number of piperidine rings is 1. The number of ether oxygens (including phenoxy) is 2. The Morgan fingerprint density at radius 3 is 2.62 bits per heavy atom. The second kappa shape index (κ2) is 11.4. The fourth-order valence-electron chi connectivity index (χ4n) is 3.96. The number of halogens is 1. The van der Waals surface area contributed by atoms with E-state index in [2.05, 4.69) is 17.6 Å². The highest BCUT2D eigenvalue weighted by molar-refractivity contribution is 5.98. The molecule has 1 unspecified atom stereocenters. The van der Waals surface area contributed by atoms with Gasteiger partial charge >= 0.3 is 0 Å². The normalized spacial score (nSPS) is 18.5. The van der Waals surface area contributed by atoms with E-state index in [1.165, 1.54) is 0 Å². The van der Waals surface area contributed by atoms with E-state index in [0.29, 0.717) is 61.6 Å². The first kappa shape index (κ1) is 23.4. The van der Waals surface area contributed by atoms with Crippen molar-refractivity contribution >= 4 is 29.9 Å². The molecule has 0 saturated carbocycles. The highest BCUT2D eigenvalue weighted by atomic mass is 35.5. The zero-order valence-corrected chi connectivity index (χ0v) is 18.1. The molecule has 0 aromatic heterocycles. The van der Waals surface area contributed by atoms with Crippen LogP contribution in [0.3, 0.4) is 0 Å². The Morgan fingerprint density at radius 1 is 1.28 bits per heavy atom.